The molecule has 4 aromatic rings. The van der Waals surface area contributed by atoms with Gasteiger partial charge in [-0.05, 0) is 41.5 Å². The van der Waals surface area contributed by atoms with Crippen LogP contribution in [0.5, 0.6) is 0 Å². The Labute approximate surface area is 234 Å². The maximum absolute atomic E-state index is 14.0. The summed E-state index contributed by atoms with van der Waals surface area (Å²) in [7, 11) is 0. The minimum atomic E-state index is -0.111. The number of morpholine rings is 1. The SMILES string of the molecule is Cc1ccc(CN(Cc2ccccc2)C(=O)CN(CCN2CCOCC2)C(=O)c2cccc3ccccc23)s1. The van der Waals surface area contributed by atoms with Crippen LogP contribution in [0, 0.1) is 6.92 Å². The van der Waals surface area contributed by atoms with Crippen molar-refractivity contribution in [1.82, 2.24) is 14.7 Å². The third kappa shape index (κ3) is 7.12. The molecule has 0 unspecified atom stereocenters. The molecule has 1 aliphatic heterocycles. The first-order valence-electron chi connectivity index (χ1n) is 13.5. The van der Waals surface area contributed by atoms with Crippen LogP contribution in [0.1, 0.15) is 25.7 Å². The van der Waals surface area contributed by atoms with Crippen LogP contribution in [0.2, 0.25) is 0 Å². The van der Waals surface area contributed by atoms with Crippen molar-refractivity contribution in [3.63, 3.8) is 0 Å². The molecule has 0 N–H and O–H groups in total. The Balaban J connectivity index is 1.40. The number of fused-ring (bicyclic) bond motifs is 1. The predicted molar refractivity (Wildman–Crippen MR) is 157 cm³/mol. The number of carbonyl (C=O) groups excluding carboxylic acids is 2. The van der Waals surface area contributed by atoms with Crippen molar-refractivity contribution in [3.05, 3.63) is 106 Å². The van der Waals surface area contributed by atoms with E-state index < -0.39 is 0 Å². The van der Waals surface area contributed by atoms with Crippen molar-refractivity contribution in [3.8, 4) is 0 Å². The van der Waals surface area contributed by atoms with Gasteiger partial charge < -0.3 is 14.5 Å². The molecule has 6 nitrogen and oxygen atoms in total. The van der Waals surface area contributed by atoms with Gasteiger partial charge in [-0.15, -0.1) is 11.3 Å². The Kier molecular flexibility index (Phi) is 9.04. The Hall–Kier alpha value is -3.52. The standard InChI is InChI=1S/C32H35N3O3S/c1-25-14-15-28(39-25)23-35(22-26-8-3-2-4-9-26)31(36)24-34(17-16-33-18-20-38-21-19-33)32(37)30-13-7-11-27-10-5-6-12-29(27)30/h2-15H,16-24H2,1H3. The topological polar surface area (TPSA) is 53.1 Å². The smallest absolute Gasteiger partial charge is 0.254 e. The van der Waals surface area contributed by atoms with Crippen LogP contribution in [-0.4, -0.2) is 72.5 Å². The predicted octanol–water partition coefficient (Wildman–Crippen LogP) is 5.21. The van der Waals surface area contributed by atoms with E-state index in [1.807, 2.05) is 77.7 Å². The summed E-state index contributed by atoms with van der Waals surface area (Å²) in [5.41, 5.74) is 1.70. The van der Waals surface area contributed by atoms with Gasteiger partial charge in [0.05, 0.1) is 19.8 Å². The molecule has 0 atom stereocenters. The minimum Gasteiger partial charge on any atom is -0.379 e. The second kappa shape index (κ2) is 13.0. The molecule has 1 aliphatic rings. The molecule has 0 radical (unpaired) electrons. The highest BCUT2D eigenvalue weighted by Gasteiger charge is 2.25. The highest BCUT2D eigenvalue weighted by molar-refractivity contribution is 7.11. The highest BCUT2D eigenvalue weighted by Crippen LogP contribution is 2.22. The number of thiophene rings is 1. The number of aryl methyl sites for hydroxylation is 1. The van der Waals surface area contributed by atoms with Crippen LogP contribution in [0.25, 0.3) is 10.8 Å². The van der Waals surface area contributed by atoms with Crippen molar-refractivity contribution >= 4 is 33.9 Å². The number of hydrogen-bond donors (Lipinski definition) is 0. The molecule has 3 aromatic carbocycles. The van der Waals surface area contributed by atoms with Crippen LogP contribution in [0.15, 0.2) is 84.9 Å². The molecule has 0 aliphatic carbocycles. The highest BCUT2D eigenvalue weighted by atomic mass is 32.1. The van der Waals surface area contributed by atoms with E-state index in [1.165, 1.54) is 4.88 Å². The van der Waals surface area contributed by atoms with Gasteiger partial charge in [0.15, 0.2) is 0 Å². The van der Waals surface area contributed by atoms with Crippen LogP contribution in [-0.2, 0) is 22.6 Å². The third-order valence-electron chi connectivity index (χ3n) is 7.13. The summed E-state index contributed by atoms with van der Waals surface area (Å²) >= 11 is 1.70. The Morgan fingerprint density at radius 1 is 0.846 bits per heavy atom. The zero-order valence-corrected chi connectivity index (χ0v) is 23.2. The molecule has 1 saturated heterocycles. The average molecular weight is 542 g/mol. The van der Waals surface area contributed by atoms with Gasteiger partial charge in [0, 0.05) is 48.0 Å². The molecular weight excluding hydrogens is 506 g/mol. The van der Waals surface area contributed by atoms with E-state index in [9.17, 15) is 9.59 Å². The van der Waals surface area contributed by atoms with E-state index in [0.717, 1.165) is 34.3 Å². The third-order valence-corrected chi connectivity index (χ3v) is 8.12. The summed E-state index contributed by atoms with van der Waals surface area (Å²) in [6.45, 7) is 7.37. The number of rotatable bonds is 10. The summed E-state index contributed by atoms with van der Waals surface area (Å²) in [6.07, 6.45) is 0. The zero-order valence-electron chi connectivity index (χ0n) is 22.4. The lowest BCUT2D eigenvalue weighted by Gasteiger charge is -2.31. The van der Waals surface area contributed by atoms with E-state index in [4.69, 9.17) is 4.74 Å². The van der Waals surface area contributed by atoms with Crippen LogP contribution in [0.4, 0.5) is 0 Å². The normalized spacial score (nSPS) is 13.9. The van der Waals surface area contributed by atoms with Gasteiger partial charge in [-0.25, -0.2) is 0 Å². The van der Waals surface area contributed by atoms with Gasteiger partial charge in [-0.3, -0.25) is 14.5 Å². The largest absolute Gasteiger partial charge is 0.379 e. The molecule has 0 saturated carbocycles. The lowest BCUT2D eigenvalue weighted by molar-refractivity contribution is -0.133. The summed E-state index contributed by atoms with van der Waals surface area (Å²) in [6, 6.07) is 27.9. The van der Waals surface area contributed by atoms with Gasteiger partial charge in [0.2, 0.25) is 5.91 Å². The van der Waals surface area contributed by atoms with Crippen molar-refractivity contribution in [2.24, 2.45) is 0 Å². The summed E-state index contributed by atoms with van der Waals surface area (Å²) < 4.78 is 5.50. The summed E-state index contributed by atoms with van der Waals surface area (Å²) in [4.78, 5) is 36.2. The zero-order chi connectivity index (χ0) is 27.0. The maximum Gasteiger partial charge on any atom is 0.254 e. The van der Waals surface area contributed by atoms with E-state index in [-0.39, 0.29) is 18.4 Å². The lowest BCUT2D eigenvalue weighted by Crippen LogP contribution is -2.47. The van der Waals surface area contributed by atoms with Crippen LogP contribution >= 0.6 is 11.3 Å². The lowest BCUT2D eigenvalue weighted by atomic mass is 10.0. The quantitative estimate of drug-likeness (QED) is 0.277. The Bertz CT molecular complexity index is 1390. The molecule has 7 heteroatoms. The number of nitrogens with zero attached hydrogens (tertiary/aromatic N) is 3. The molecule has 0 spiro atoms. The number of carbonyl (C=O) groups is 2. The number of amides is 2. The first kappa shape index (κ1) is 27.1. The second-order valence-electron chi connectivity index (χ2n) is 9.96. The molecular formula is C32H35N3O3S. The fourth-order valence-corrected chi connectivity index (χ4v) is 5.89. The molecule has 2 heterocycles. The summed E-state index contributed by atoms with van der Waals surface area (Å²) in [5, 5.41) is 1.92. The molecule has 1 fully saturated rings. The second-order valence-corrected chi connectivity index (χ2v) is 11.3. The van der Waals surface area contributed by atoms with Crippen LogP contribution in [0.3, 0.4) is 0 Å². The first-order chi connectivity index (χ1) is 19.1. The summed E-state index contributed by atoms with van der Waals surface area (Å²) in [5.74, 6) is -0.166. The van der Waals surface area contributed by atoms with Crippen molar-refractivity contribution in [2.45, 2.75) is 20.0 Å². The Morgan fingerprint density at radius 3 is 2.36 bits per heavy atom. The molecule has 2 amide bonds. The molecule has 5 rings (SSSR count). The Morgan fingerprint density at radius 2 is 1.59 bits per heavy atom. The van der Waals surface area contributed by atoms with E-state index in [1.54, 1.807) is 16.2 Å². The van der Waals surface area contributed by atoms with Crippen LogP contribution < -0.4 is 0 Å². The van der Waals surface area contributed by atoms with E-state index >= 15 is 0 Å². The van der Waals surface area contributed by atoms with Gasteiger partial charge in [-0.1, -0.05) is 66.7 Å². The average Bonchev–Trinajstić information content (AvgIpc) is 3.39. The maximum atomic E-state index is 14.0. The van der Waals surface area contributed by atoms with Gasteiger partial charge in [0.25, 0.3) is 5.91 Å². The molecule has 39 heavy (non-hydrogen) atoms. The fourth-order valence-electron chi connectivity index (χ4n) is 4.98. The minimum absolute atomic E-state index is 0.0313. The van der Waals surface area contributed by atoms with Gasteiger partial charge >= 0.3 is 0 Å². The van der Waals surface area contributed by atoms with Gasteiger partial charge in [-0.2, -0.15) is 0 Å². The van der Waals surface area contributed by atoms with Crippen molar-refractivity contribution in [2.75, 3.05) is 45.9 Å². The number of hydrogen-bond acceptors (Lipinski definition) is 5. The fraction of sp³-hybridized carbons (Fsp3) is 0.312. The molecule has 1 aromatic heterocycles. The van der Waals surface area contributed by atoms with Crippen molar-refractivity contribution < 1.29 is 14.3 Å². The number of ether oxygens (including phenoxy) is 1. The molecule has 202 valence electrons. The first-order valence-corrected chi connectivity index (χ1v) is 14.3. The molecule has 0 bridgehead atoms. The monoisotopic (exact) mass is 541 g/mol. The van der Waals surface area contributed by atoms with E-state index in [0.29, 0.717) is 45.0 Å². The van der Waals surface area contributed by atoms with Crippen molar-refractivity contribution in [1.29, 1.82) is 0 Å². The number of benzene rings is 3. The van der Waals surface area contributed by atoms with E-state index in [2.05, 4.69) is 24.0 Å². The van der Waals surface area contributed by atoms with Gasteiger partial charge in [0.1, 0.15) is 6.54 Å².